The van der Waals surface area contributed by atoms with Crippen molar-refractivity contribution < 1.29 is 14.5 Å². The van der Waals surface area contributed by atoms with Crippen LogP contribution in [0.3, 0.4) is 0 Å². The molecule has 22 heavy (non-hydrogen) atoms. The van der Waals surface area contributed by atoms with E-state index in [1.54, 1.807) is 12.1 Å². The number of nitrogens with zero attached hydrogens (tertiary/aromatic N) is 1. The lowest BCUT2D eigenvalue weighted by Gasteiger charge is -2.07. The van der Waals surface area contributed by atoms with Crippen LogP contribution in [-0.2, 0) is 11.4 Å². The highest BCUT2D eigenvalue weighted by Crippen LogP contribution is 2.22. The van der Waals surface area contributed by atoms with Gasteiger partial charge < -0.3 is 10.2 Å². The highest BCUT2D eigenvalue weighted by atomic mass is 35.5. The van der Waals surface area contributed by atoms with E-state index in [0.29, 0.717) is 17.1 Å². The molecule has 2 N–H and O–H groups in total. The summed E-state index contributed by atoms with van der Waals surface area (Å²) in [7, 11) is 0. The fraction of sp³-hybridized carbons (Fsp3) is 0.235. The summed E-state index contributed by atoms with van der Waals surface area (Å²) in [5.41, 5.74) is 2.49. The van der Waals surface area contributed by atoms with Gasteiger partial charge in [0.05, 0.1) is 5.71 Å². The van der Waals surface area contributed by atoms with Crippen molar-refractivity contribution in [2.75, 3.05) is 6.54 Å². The molecule has 1 atom stereocenters. The van der Waals surface area contributed by atoms with E-state index in [4.69, 9.17) is 16.4 Å². The summed E-state index contributed by atoms with van der Waals surface area (Å²) in [4.78, 5) is 5.45. The Morgan fingerprint density at radius 3 is 2.77 bits per heavy atom. The third-order valence-electron chi connectivity index (χ3n) is 3.67. The van der Waals surface area contributed by atoms with Gasteiger partial charge >= 0.3 is 0 Å². The maximum absolute atomic E-state index is 13.5. The Kier molecular flexibility index (Phi) is 4.71. The van der Waals surface area contributed by atoms with Crippen LogP contribution in [0.1, 0.15) is 17.5 Å². The molecular weight excluding hydrogens is 303 g/mol. The van der Waals surface area contributed by atoms with E-state index in [1.807, 2.05) is 35.6 Å². The summed E-state index contributed by atoms with van der Waals surface area (Å²) in [5.74, 6) is -0.168. The second-order valence-corrected chi connectivity index (χ2v) is 5.68. The van der Waals surface area contributed by atoms with Crippen molar-refractivity contribution in [1.29, 1.82) is 0 Å². The molecule has 0 saturated heterocycles. The first kappa shape index (κ1) is 15.0. The van der Waals surface area contributed by atoms with Gasteiger partial charge in [-0.1, -0.05) is 53.2 Å². The molecule has 0 spiro atoms. The third kappa shape index (κ3) is 3.46. The molecule has 0 saturated carbocycles. The maximum atomic E-state index is 13.5. The molecule has 1 aliphatic heterocycles. The summed E-state index contributed by atoms with van der Waals surface area (Å²) in [6.45, 7) is 1.32. The van der Waals surface area contributed by atoms with E-state index in [-0.39, 0.29) is 11.9 Å². The van der Waals surface area contributed by atoms with Crippen molar-refractivity contribution in [3.63, 3.8) is 0 Å². The fourth-order valence-electron chi connectivity index (χ4n) is 2.50. The van der Waals surface area contributed by atoms with Crippen LogP contribution in [-0.4, -0.2) is 18.4 Å². The standard InChI is InChI=1S/C17H16ClFN2O/c18-15-7-3-2-6-14(15)17-9-13(22-21-17)11-20-10-12-5-1-4-8-16(12)19/h1-8,13,20H,9-11H2/p+1/t13-/m1/s1. The number of hydrogen-bond acceptors (Lipinski definition) is 2. The number of oxime groups is 1. The molecule has 0 fully saturated rings. The minimum absolute atomic E-state index is 0.00181. The van der Waals surface area contributed by atoms with Crippen LogP contribution in [0, 0.1) is 5.82 Å². The lowest BCUT2D eigenvalue weighted by atomic mass is 10.0. The average molecular weight is 320 g/mol. The van der Waals surface area contributed by atoms with E-state index >= 15 is 0 Å². The van der Waals surface area contributed by atoms with Crippen LogP contribution in [0.15, 0.2) is 53.7 Å². The van der Waals surface area contributed by atoms with Crippen molar-refractivity contribution in [2.24, 2.45) is 5.16 Å². The molecular formula is C17H17ClFN2O+. The molecule has 114 valence electrons. The normalized spacial score (nSPS) is 17.2. The number of rotatable bonds is 5. The Labute approximate surface area is 133 Å². The summed E-state index contributed by atoms with van der Waals surface area (Å²) in [5, 5.41) is 6.85. The predicted octanol–water partition coefficient (Wildman–Crippen LogP) is 2.74. The van der Waals surface area contributed by atoms with Crippen LogP contribution >= 0.6 is 11.6 Å². The highest BCUT2D eigenvalue weighted by molar-refractivity contribution is 6.34. The van der Waals surface area contributed by atoms with Crippen LogP contribution in [0.25, 0.3) is 0 Å². The quantitative estimate of drug-likeness (QED) is 0.904. The van der Waals surface area contributed by atoms with Gasteiger partial charge in [0.1, 0.15) is 18.9 Å². The summed E-state index contributed by atoms with van der Waals surface area (Å²) < 4.78 is 13.5. The highest BCUT2D eigenvalue weighted by Gasteiger charge is 2.24. The minimum atomic E-state index is -0.168. The molecule has 0 bridgehead atoms. The molecule has 0 aliphatic carbocycles. The Morgan fingerprint density at radius 1 is 1.18 bits per heavy atom. The zero-order valence-electron chi connectivity index (χ0n) is 12.0. The molecule has 3 rings (SSSR count). The first-order valence-electron chi connectivity index (χ1n) is 7.26. The van der Waals surface area contributed by atoms with Crippen molar-refractivity contribution in [3.8, 4) is 0 Å². The van der Waals surface area contributed by atoms with Crippen molar-refractivity contribution >= 4 is 17.3 Å². The van der Waals surface area contributed by atoms with Crippen molar-refractivity contribution in [1.82, 2.24) is 0 Å². The number of halogens is 2. The molecule has 2 aromatic carbocycles. The van der Waals surface area contributed by atoms with Gasteiger partial charge in [-0.2, -0.15) is 0 Å². The second kappa shape index (κ2) is 6.90. The topological polar surface area (TPSA) is 38.2 Å². The smallest absolute Gasteiger partial charge is 0.181 e. The third-order valence-corrected chi connectivity index (χ3v) is 4.00. The monoisotopic (exact) mass is 319 g/mol. The fourth-order valence-corrected chi connectivity index (χ4v) is 2.74. The van der Waals surface area contributed by atoms with Gasteiger partial charge in [-0.25, -0.2) is 4.39 Å². The zero-order valence-corrected chi connectivity index (χ0v) is 12.8. The van der Waals surface area contributed by atoms with E-state index in [1.165, 1.54) is 6.07 Å². The van der Waals surface area contributed by atoms with Gasteiger partial charge in [-0.05, 0) is 12.1 Å². The Balaban J connectivity index is 1.51. The van der Waals surface area contributed by atoms with Crippen LogP contribution in [0.5, 0.6) is 0 Å². The van der Waals surface area contributed by atoms with Crippen LogP contribution < -0.4 is 5.32 Å². The summed E-state index contributed by atoms with van der Waals surface area (Å²) >= 11 is 6.17. The Hall–Kier alpha value is -1.91. The molecule has 0 amide bonds. The number of nitrogens with two attached hydrogens (primary N) is 1. The molecule has 0 aromatic heterocycles. The van der Waals surface area contributed by atoms with Gasteiger partial charge in [-0.15, -0.1) is 0 Å². The van der Waals surface area contributed by atoms with Gasteiger partial charge in [0.2, 0.25) is 0 Å². The first-order valence-corrected chi connectivity index (χ1v) is 7.64. The Bertz CT molecular complexity index is 690. The van der Waals surface area contributed by atoms with Gasteiger partial charge in [-0.3, -0.25) is 0 Å². The van der Waals surface area contributed by atoms with Crippen LogP contribution in [0.2, 0.25) is 5.02 Å². The minimum Gasteiger partial charge on any atom is -0.386 e. The van der Waals surface area contributed by atoms with E-state index in [9.17, 15) is 4.39 Å². The number of benzene rings is 2. The Morgan fingerprint density at radius 2 is 1.95 bits per heavy atom. The van der Waals surface area contributed by atoms with E-state index < -0.39 is 0 Å². The molecule has 3 nitrogen and oxygen atoms in total. The molecule has 0 unspecified atom stereocenters. The molecule has 5 heteroatoms. The van der Waals surface area contributed by atoms with E-state index in [0.717, 1.165) is 24.2 Å². The first-order chi connectivity index (χ1) is 10.7. The van der Waals surface area contributed by atoms with Crippen LogP contribution in [0.4, 0.5) is 4.39 Å². The van der Waals surface area contributed by atoms with E-state index in [2.05, 4.69) is 5.16 Å². The molecule has 0 radical (unpaired) electrons. The lowest BCUT2D eigenvalue weighted by Crippen LogP contribution is -2.84. The summed E-state index contributed by atoms with van der Waals surface area (Å²) in [6, 6.07) is 14.4. The van der Waals surface area contributed by atoms with Crippen molar-refractivity contribution in [3.05, 3.63) is 70.5 Å². The second-order valence-electron chi connectivity index (χ2n) is 5.27. The summed E-state index contributed by atoms with van der Waals surface area (Å²) in [6.07, 6.45) is 0.718. The average Bonchev–Trinajstić information content (AvgIpc) is 2.98. The van der Waals surface area contributed by atoms with Gasteiger partial charge in [0, 0.05) is 22.6 Å². The van der Waals surface area contributed by atoms with Crippen molar-refractivity contribution in [2.45, 2.75) is 19.1 Å². The maximum Gasteiger partial charge on any atom is 0.181 e. The lowest BCUT2D eigenvalue weighted by molar-refractivity contribution is -0.676. The molecule has 2 aromatic rings. The predicted molar refractivity (Wildman–Crippen MR) is 84.4 cm³/mol. The molecule has 1 aliphatic rings. The zero-order chi connectivity index (χ0) is 15.4. The number of quaternary nitrogens is 1. The molecule has 1 heterocycles. The van der Waals surface area contributed by atoms with Gasteiger partial charge in [0.15, 0.2) is 6.10 Å². The van der Waals surface area contributed by atoms with Gasteiger partial charge in [0.25, 0.3) is 0 Å². The largest absolute Gasteiger partial charge is 0.386 e. The SMILES string of the molecule is Fc1ccccc1C[NH2+]C[C@H]1CC(c2ccccc2Cl)=NO1. The number of hydrogen-bond donors (Lipinski definition) is 1.